The number of hydrogen-bond donors (Lipinski definition) is 0. The van der Waals surface area contributed by atoms with Crippen LogP contribution in [0, 0.1) is 5.92 Å². The zero-order chi connectivity index (χ0) is 21.6. The molecule has 1 amide bonds. The molecule has 4 rings (SSSR count). The van der Waals surface area contributed by atoms with E-state index in [2.05, 4.69) is 17.1 Å². The zero-order valence-electron chi connectivity index (χ0n) is 18.0. The first-order valence-electron chi connectivity index (χ1n) is 11.1. The number of piperidine rings is 1. The Morgan fingerprint density at radius 2 is 1.84 bits per heavy atom. The summed E-state index contributed by atoms with van der Waals surface area (Å²) in [7, 11) is 0. The molecule has 6 nitrogen and oxygen atoms in total. The number of likely N-dealkylation sites (tertiary alicyclic amines) is 1. The number of carbonyl (C=O) groups is 1. The summed E-state index contributed by atoms with van der Waals surface area (Å²) < 4.78 is 7.03. The summed E-state index contributed by atoms with van der Waals surface area (Å²) in [6.45, 7) is 4.25. The van der Waals surface area contributed by atoms with E-state index in [0.29, 0.717) is 18.0 Å². The Bertz CT molecular complexity index is 1080. The van der Waals surface area contributed by atoms with Gasteiger partial charge in [-0.05, 0) is 68.4 Å². The molecule has 0 spiro atoms. The van der Waals surface area contributed by atoms with Crippen molar-refractivity contribution in [3.63, 3.8) is 0 Å². The number of aryl methyl sites for hydroxylation is 1. The highest BCUT2D eigenvalue weighted by Gasteiger charge is 2.23. The van der Waals surface area contributed by atoms with Gasteiger partial charge >= 0.3 is 0 Å². The maximum absolute atomic E-state index is 12.9. The summed E-state index contributed by atoms with van der Waals surface area (Å²) in [5, 5.41) is 0. The lowest BCUT2D eigenvalue weighted by molar-refractivity contribution is -0.133. The lowest BCUT2D eigenvalue weighted by Gasteiger charge is -2.32. The van der Waals surface area contributed by atoms with Crippen LogP contribution in [0.1, 0.15) is 31.7 Å². The van der Waals surface area contributed by atoms with Gasteiger partial charge in [0.1, 0.15) is 12.3 Å². The van der Waals surface area contributed by atoms with Crippen molar-refractivity contribution in [3.8, 4) is 5.75 Å². The Morgan fingerprint density at radius 3 is 2.58 bits per heavy atom. The van der Waals surface area contributed by atoms with E-state index in [0.717, 1.165) is 50.0 Å². The molecule has 6 heteroatoms. The first-order chi connectivity index (χ1) is 15.1. The lowest BCUT2D eigenvalue weighted by atomic mass is 9.90. The number of hydrogen-bond acceptors (Lipinski definition) is 4. The minimum atomic E-state index is -0.239. The van der Waals surface area contributed by atoms with Gasteiger partial charge < -0.3 is 9.64 Å². The molecule has 0 atom stereocenters. The van der Waals surface area contributed by atoms with Gasteiger partial charge in [0.15, 0.2) is 0 Å². The number of para-hydroxylation sites is 2. The van der Waals surface area contributed by atoms with Crippen LogP contribution < -0.4 is 10.3 Å². The fourth-order valence-electron chi connectivity index (χ4n) is 4.27. The molecule has 1 aliphatic rings. The van der Waals surface area contributed by atoms with Gasteiger partial charge in [0.2, 0.25) is 5.91 Å². The van der Waals surface area contributed by atoms with Crippen molar-refractivity contribution in [1.82, 2.24) is 14.5 Å². The van der Waals surface area contributed by atoms with E-state index < -0.39 is 0 Å². The highest BCUT2D eigenvalue weighted by molar-refractivity contribution is 5.80. The van der Waals surface area contributed by atoms with Crippen molar-refractivity contribution in [2.45, 2.75) is 39.2 Å². The fraction of sp³-hybridized carbons (Fsp3) is 0.400. The molecule has 3 aromatic rings. The van der Waals surface area contributed by atoms with E-state index in [1.165, 1.54) is 16.3 Å². The molecule has 2 heterocycles. The second kappa shape index (κ2) is 9.77. The molecular weight excluding hydrogens is 390 g/mol. The van der Waals surface area contributed by atoms with Gasteiger partial charge in [-0.15, -0.1) is 0 Å². The van der Waals surface area contributed by atoms with E-state index in [4.69, 9.17) is 4.74 Å². The van der Waals surface area contributed by atoms with Crippen LogP contribution >= 0.6 is 0 Å². The third kappa shape index (κ3) is 5.13. The largest absolute Gasteiger partial charge is 0.494 e. The van der Waals surface area contributed by atoms with Gasteiger partial charge in [-0.25, -0.2) is 4.98 Å². The summed E-state index contributed by atoms with van der Waals surface area (Å²) in [5.74, 6) is 1.54. The van der Waals surface area contributed by atoms with Crippen molar-refractivity contribution < 1.29 is 9.53 Å². The third-order valence-corrected chi connectivity index (χ3v) is 6.09. The number of rotatable bonds is 7. The SMILES string of the molecule is CCOc1ccc(CCC2CCN(C(=O)Cn3c(=O)cnc4ccccc43)CC2)cc1. The summed E-state index contributed by atoms with van der Waals surface area (Å²) in [6.07, 6.45) is 5.49. The Labute approximate surface area is 182 Å². The Morgan fingerprint density at radius 1 is 1.10 bits per heavy atom. The van der Waals surface area contributed by atoms with Crippen LogP contribution in [0.3, 0.4) is 0 Å². The molecule has 1 aliphatic heterocycles. The minimum Gasteiger partial charge on any atom is -0.494 e. The molecule has 162 valence electrons. The Kier molecular flexibility index (Phi) is 6.65. The first kappa shape index (κ1) is 21.1. The normalized spacial score (nSPS) is 14.7. The predicted molar refractivity (Wildman–Crippen MR) is 121 cm³/mol. The number of carbonyl (C=O) groups excluding carboxylic acids is 1. The first-order valence-corrected chi connectivity index (χ1v) is 11.1. The van der Waals surface area contributed by atoms with Gasteiger partial charge in [-0.3, -0.25) is 14.2 Å². The average molecular weight is 420 g/mol. The molecule has 0 radical (unpaired) electrons. The van der Waals surface area contributed by atoms with Crippen LogP contribution in [-0.4, -0.2) is 40.1 Å². The van der Waals surface area contributed by atoms with Gasteiger partial charge in [0, 0.05) is 13.1 Å². The zero-order valence-corrected chi connectivity index (χ0v) is 18.0. The number of fused-ring (bicyclic) bond motifs is 1. The molecule has 1 fully saturated rings. The molecule has 0 bridgehead atoms. The molecule has 0 N–H and O–H groups in total. The summed E-state index contributed by atoms with van der Waals surface area (Å²) in [4.78, 5) is 31.2. The second-order valence-electron chi connectivity index (χ2n) is 8.11. The Hall–Kier alpha value is -3.15. The molecule has 0 aliphatic carbocycles. The van der Waals surface area contributed by atoms with Gasteiger partial charge in [0.25, 0.3) is 5.56 Å². The maximum Gasteiger partial charge on any atom is 0.269 e. The van der Waals surface area contributed by atoms with Crippen molar-refractivity contribution in [1.29, 1.82) is 0 Å². The van der Waals surface area contributed by atoms with Crippen LogP contribution in [0.25, 0.3) is 11.0 Å². The highest BCUT2D eigenvalue weighted by atomic mass is 16.5. The van der Waals surface area contributed by atoms with Crippen LogP contribution in [0.2, 0.25) is 0 Å². The van der Waals surface area contributed by atoms with E-state index >= 15 is 0 Å². The van der Waals surface area contributed by atoms with Gasteiger partial charge in [0.05, 0.1) is 23.8 Å². The van der Waals surface area contributed by atoms with Crippen molar-refractivity contribution in [2.24, 2.45) is 5.92 Å². The molecule has 0 saturated carbocycles. The van der Waals surface area contributed by atoms with E-state index in [1.807, 2.05) is 48.2 Å². The summed E-state index contributed by atoms with van der Waals surface area (Å²) in [5.41, 5.74) is 2.51. The number of aromatic nitrogens is 2. The maximum atomic E-state index is 12.9. The van der Waals surface area contributed by atoms with Crippen LogP contribution in [-0.2, 0) is 17.8 Å². The minimum absolute atomic E-state index is 0.00316. The third-order valence-electron chi connectivity index (χ3n) is 6.09. The molecule has 31 heavy (non-hydrogen) atoms. The summed E-state index contributed by atoms with van der Waals surface area (Å²) in [6, 6.07) is 15.8. The highest BCUT2D eigenvalue weighted by Crippen LogP contribution is 2.23. The molecule has 2 aromatic carbocycles. The van der Waals surface area contributed by atoms with E-state index in [9.17, 15) is 9.59 Å². The number of amides is 1. The molecule has 1 saturated heterocycles. The van der Waals surface area contributed by atoms with Crippen LogP contribution in [0.4, 0.5) is 0 Å². The number of nitrogens with zero attached hydrogens (tertiary/aromatic N) is 3. The van der Waals surface area contributed by atoms with Crippen LogP contribution in [0.15, 0.2) is 59.5 Å². The second-order valence-corrected chi connectivity index (χ2v) is 8.11. The Balaban J connectivity index is 1.29. The average Bonchev–Trinajstić information content (AvgIpc) is 2.81. The lowest BCUT2D eigenvalue weighted by Crippen LogP contribution is -2.41. The topological polar surface area (TPSA) is 64.4 Å². The van der Waals surface area contributed by atoms with E-state index in [-0.39, 0.29) is 18.0 Å². The smallest absolute Gasteiger partial charge is 0.269 e. The van der Waals surface area contributed by atoms with Crippen molar-refractivity contribution in [2.75, 3.05) is 19.7 Å². The fourth-order valence-corrected chi connectivity index (χ4v) is 4.27. The van der Waals surface area contributed by atoms with Crippen molar-refractivity contribution >= 4 is 16.9 Å². The van der Waals surface area contributed by atoms with Crippen molar-refractivity contribution in [3.05, 3.63) is 70.6 Å². The number of ether oxygens (including phenoxy) is 1. The monoisotopic (exact) mass is 419 g/mol. The molecular formula is C25H29N3O3. The quantitative estimate of drug-likeness (QED) is 0.586. The van der Waals surface area contributed by atoms with Gasteiger partial charge in [-0.2, -0.15) is 0 Å². The standard InChI is InChI=1S/C25H29N3O3/c1-2-31-21-11-9-19(10-12-21)7-8-20-13-15-27(16-14-20)25(30)18-28-23-6-4-3-5-22(23)26-17-24(28)29/h3-6,9-12,17,20H,2,7-8,13-16,18H2,1H3. The molecule has 1 aromatic heterocycles. The van der Waals surface area contributed by atoms with E-state index in [1.54, 1.807) is 0 Å². The molecule has 0 unspecified atom stereocenters. The number of benzene rings is 2. The predicted octanol–water partition coefficient (Wildman–Crippen LogP) is 3.67. The van der Waals surface area contributed by atoms with Gasteiger partial charge in [-0.1, -0.05) is 24.3 Å². The summed E-state index contributed by atoms with van der Waals surface area (Å²) >= 11 is 0. The van der Waals surface area contributed by atoms with Crippen LogP contribution in [0.5, 0.6) is 5.75 Å².